The molecule has 220 valence electrons. The highest BCUT2D eigenvalue weighted by Gasteiger charge is 2.38. The van der Waals surface area contributed by atoms with Crippen LogP contribution in [-0.4, -0.2) is 41.4 Å². The van der Waals surface area contributed by atoms with E-state index in [1.807, 2.05) is 32.0 Å². The predicted octanol–water partition coefficient (Wildman–Crippen LogP) is 6.60. The maximum atomic E-state index is 13.2. The van der Waals surface area contributed by atoms with Crippen molar-refractivity contribution in [2.75, 3.05) is 23.3 Å². The number of hydrogen-bond acceptors (Lipinski definition) is 6. The lowest BCUT2D eigenvalue weighted by Crippen LogP contribution is -2.21. The minimum absolute atomic E-state index is 0.0764. The molecule has 1 aliphatic rings. The largest absolute Gasteiger partial charge is 0.490 e. The standard InChI is InChI=1S/C29H28N2O4.C2HF3O2/c1-18-14-23(19(2)30-25-11-7-6-10-22(25)29(33)34)28-24(15-18)26(32)16-27(35-28)31-13-12-21(17-31)20-8-4-3-5-9-20;3-2(4,5)1(6)7/h3-11,14-16,19,21,30H,12-13,17H2,1-2H3,(H,33,34);(H,6,7)/t19?,21-;/m1./s1. The number of aryl methyl sites for hydroxylation is 1. The first-order chi connectivity index (χ1) is 19.8. The Bertz CT molecular complexity index is 1650. The Balaban J connectivity index is 0.000000517. The summed E-state index contributed by atoms with van der Waals surface area (Å²) in [5.74, 6) is -2.79. The minimum Gasteiger partial charge on any atom is -0.478 e. The highest BCUT2D eigenvalue weighted by Crippen LogP contribution is 2.34. The molecule has 42 heavy (non-hydrogen) atoms. The number of halogens is 3. The van der Waals surface area contributed by atoms with Gasteiger partial charge in [-0.3, -0.25) is 4.79 Å². The quantitative estimate of drug-likeness (QED) is 0.233. The van der Waals surface area contributed by atoms with Crippen LogP contribution in [0.1, 0.15) is 52.4 Å². The highest BCUT2D eigenvalue weighted by atomic mass is 19.4. The average molecular weight is 583 g/mol. The number of para-hydroxylation sites is 1. The zero-order chi connectivity index (χ0) is 30.6. The topological polar surface area (TPSA) is 120 Å². The Hall–Kier alpha value is -4.80. The summed E-state index contributed by atoms with van der Waals surface area (Å²) in [6.07, 6.45) is -4.09. The molecule has 11 heteroatoms. The van der Waals surface area contributed by atoms with Crippen molar-refractivity contribution in [1.82, 2.24) is 0 Å². The van der Waals surface area contributed by atoms with Crippen LogP contribution in [0.5, 0.6) is 0 Å². The van der Waals surface area contributed by atoms with E-state index in [9.17, 15) is 27.9 Å². The summed E-state index contributed by atoms with van der Waals surface area (Å²) >= 11 is 0. The number of hydrogen-bond donors (Lipinski definition) is 3. The lowest BCUT2D eigenvalue weighted by Gasteiger charge is -2.21. The highest BCUT2D eigenvalue weighted by molar-refractivity contribution is 5.94. The van der Waals surface area contributed by atoms with Gasteiger partial charge in [0.05, 0.1) is 17.0 Å². The van der Waals surface area contributed by atoms with Crippen LogP contribution in [0.2, 0.25) is 0 Å². The molecule has 1 unspecified atom stereocenters. The molecular weight excluding hydrogens is 553 g/mol. The monoisotopic (exact) mass is 582 g/mol. The fourth-order valence-corrected chi connectivity index (χ4v) is 4.96. The smallest absolute Gasteiger partial charge is 0.478 e. The number of nitrogens with zero attached hydrogens (tertiary/aromatic N) is 1. The van der Waals surface area contributed by atoms with Gasteiger partial charge < -0.3 is 24.8 Å². The van der Waals surface area contributed by atoms with E-state index >= 15 is 0 Å². The number of nitrogens with one attached hydrogen (secondary N) is 1. The number of anilines is 2. The number of aromatic carboxylic acids is 1. The summed E-state index contributed by atoms with van der Waals surface area (Å²) in [5, 5.41) is 20.5. The molecule has 4 aromatic rings. The molecule has 2 atom stereocenters. The molecule has 0 spiro atoms. The second-order valence-corrected chi connectivity index (χ2v) is 10.0. The fraction of sp³-hybridized carbons (Fsp3) is 0.258. The van der Waals surface area contributed by atoms with Crippen LogP contribution in [0.25, 0.3) is 11.0 Å². The number of benzene rings is 3. The first-order valence-electron chi connectivity index (χ1n) is 13.1. The van der Waals surface area contributed by atoms with E-state index in [0.717, 1.165) is 30.6 Å². The van der Waals surface area contributed by atoms with Gasteiger partial charge in [-0.15, -0.1) is 0 Å². The average Bonchev–Trinajstić information content (AvgIpc) is 3.44. The number of alkyl halides is 3. The van der Waals surface area contributed by atoms with Crippen LogP contribution < -0.4 is 15.6 Å². The van der Waals surface area contributed by atoms with E-state index in [2.05, 4.69) is 34.5 Å². The van der Waals surface area contributed by atoms with Gasteiger partial charge in [0, 0.05) is 36.3 Å². The molecule has 0 bridgehead atoms. The molecular formula is C31H29F3N2O6. The third kappa shape index (κ3) is 6.91. The van der Waals surface area contributed by atoms with Gasteiger partial charge in [0.15, 0.2) is 11.3 Å². The number of carbonyl (C=O) groups is 2. The number of aliphatic carboxylic acids is 1. The summed E-state index contributed by atoms with van der Waals surface area (Å²) in [6.45, 7) is 5.49. The fourth-order valence-electron chi connectivity index (χ4n) is 4.96. The van der Waals surface area contributed by atoms with Crippen LogP contribution in [-0.2, 0) is 4.79 Å². The molecule has 1 aromatic heterocycles. The van der Waals surface area contributed by atoms with E-state index in [0.29, 0.717) is 28.5 Å². The van der Waals surface area contributed by atoms with Gasteiger partial charge in [-0.1, -0.05) is 48.5 Å². The van der Waals surface area contributed by atoms with E-state index in [4.69, 9.17) is 14.3 Å². The normalized spacial score (nSPS) is 15.5. The van der Waals surface area contributed by atoms with Crippen molar-refractivity contribution < 1.29 is 37.4 Å². The van der Waals surface area contributed by atoms with Crippen molar-refractivity contribution in [2.45, 2.75) is 38.4 Å². The van der Waals surface area contributed by atoms with Crippen LogP contribution in [0.3, 0.4) is 0 Å². The van der Waals surface area contributed by atoms with Crippen molar-refractivity contribution in [3.63, 3.8) is 0 Å². The number of carboxylic acid groups (broad SMARTS) is 2. The zero-order valence-electron chi connectivity index (χ0n) is 22.8. The molecule has 1 fully saturated rings. The van der Waals surface area contributed by atoms with Crippen LogP contribution >= 0.6 is 0 Å². The SMILES string of the molecule is Cc1cc(C(C)Nc2ccccc2C(=O)O)c2oc(N3CC[C@@H](c4ccccc4)C3)cc(=O)c2c1.O=C(O)C(F)(F)F. The van der Waals surface area contributed by atoms with E-state index in [-0.39, 0.29) is 17.0 Å². The number of fused-ring (bicyclic) bond motifs is 1. The molecule has 2 heterocycles. The van der Waals surface area contributed by atoms with Crippen LogP contribution in [0, 0.1) is 6.92 Å². The summed E-state index contributed by atoms with van der Waals surface area (Å²) < 4.78 is 38.1. The second-order valence-electron chi connectivity index (χ2n) is 10.0. The summed E-state index contributed by atoms with van der Waals surface area (Å²) in [5.41, 5.74) is 4.23. The molecule has 5 rings (SSSR count). The van der Waals surface area contributed by atoms with Gasteiger partial charge in [-0.05, 0) is 49.6 Å². The van der Waals surface area contributed by atoms with Gasteiger partial charge in [0.25, 0.3) is 0 Å². The van der Waals surface area contributed by atoms with Gasteiger partial charge in [-0.2, -0.15) is 13.2 Å². The Morgan fingerprint density at radius 2 is 1.67 bits per heavy atom. The molecule has 0 radical (unpaired) electrons. The van der Waals surface area contributed by atoms with Crippen molar-refractivity contribution >= 4 is 34.5 Å². The summed E-state index contributed by atoms with van der Waals surface area (Å²) in [4.78, 5) is 35.9. The Kier molecular flexibility index (Phi) is 8.89. The first kappa shape index (κ1) is 30.2. The summed E-state index contributed by atoms with van der Waals surface area (Å²) in [7, 11) is 0. The second kappa shape index (κ2) is 12.4. The Labute approximate surface area is 239 Å². The van der Waals surface area contributed by atoms with Gasteiger partial charge in [0.2, 0.25) is 0 Å². The molecule has 0 saturated carbocycles. The number of rotatable bonds is 6. The van der Waals surface area contributed by atoms with Crippen molar-refractivity contribution in [3.05, 3.63) is 105 Å². The molecule has 0 aliphatic carbocycles. The third-order valence-electron chi connectivity index (χ3n) is 7.00. The Morgan fingerprint density at radius 1 is 1.02 bits per heavy atom. The van der Waals surface area contributed by atoms with E-state index in [1.165, 1.54) is 5.56 Å². The van der Waals surface area contributed by atoms with Crippen molar-refractivity contribution in [3.8, 4) is 0 Å². The van der Waals surface area contributed by atoms with Crippen molar-refractivity contribution in [2.24, 2.45) is 0 Å². The maximum absolute atomic E-state index is 13.2. The predicted molar refractivity (Wildman–Crippen MR) is 152 cm³/mol. The lowest BCUT2D eigenvalue weighted by atomic mass is 9.99. The Morgan fingerprint density at radius 3 is 2.31 bits per heavy atom. The molecule has 8 nitrogen and oxygen atoms in total. The maximum Gasteiger partial charge on any atom is 0.490 e. The first-order valence-corrected chi connectivity index (χ1v) is 13.1. The molecule has 3 aromatic carbocycles. The van der Waals surface area contributed by atoms with E-state index in [1.54, 1.807) is 30.3 Å². The van der Waals surface area contributed by atoms with Gasteiger partial charge >= 0.3 is 18.1 Å². The molecule has 3 N–H and O–H groups in total. The van der Waals surface area contributed by atoms with Crippen LogP contribution in [0.15, 0.2) is 82.0 Å². The molecule has 0 amide bonds. The lowest BCUT2D eigenvalue weighted by molar-refractivity contribution is -0.192. The molecule has 1 aliphatic heterocycles. The van der Waals surface area contributed by atoms with Crippen molar-refractivity contribution in [1.29, 1.82) is 0 Å². The summed E-state index contributed by atoms with van der Waals surface area (Å²) in [6, 6.07) is 22.4. The minimum atomic E-state index is -5.08. The third-order valence-corrected chi connectivity index (χ3v) is 7.00. The number of carboxylic acids is 2. The van der Waals surface area contributed by atoms with Gasteiger partial charge in [-0.25, -0.2) is 9.59 Å². The van der Waals surface area contributed by atoms with Crippen LogP contribution in [0.4, 0.5) is 24.7 Å². The van der Waals surface area contributed by atoms with Gasteiger partial charge in [0.1, 0.15) is 5.58 Å². The zero-order valence-corrected chi connectivity index (χ0v) is 22.8. The van der Waals surface area contributed by atoms with E-state index < -0.39 is 18.1 Å². The molecule has 1 saturated heterocycles.